The molecule has 1 N–H and O–H groups in total. The average molecular weight is 345 g/mol. The summed E-state index contributed by atoms with van der Waals surface area (Å²) in [4.78, 5) is 8.58. The number of anilines is 1. The number of benzene rings is 1. The van der Waals surface area contributed by atoms with Crippen molar-refractivity contribution in [1.82, 2.24) is 19.6 Å². The highest BCUT2D eigenvalue weighted by Gasteiger charge is 2.13. The Hall–Kier alpha value is -3.61. The summed E-state index contributed by atoms with van der Waals surface area (Å²) in [5.74, 6) is 2.33. The molecule has 7 heteroatoms. The summed E-state index contributed by atoms with van der Waals surface area (Å²) in [5, 5.41) is 8.00. The van der Waals surface area contributed by atoms with Crippen LogP contribution in [-0.4, -0.2) is 26.4 Å². The highest BCUT2D eigenvalue weighted by molar-refractivity contribution is 5.62. The first-order valence-corrected chi connectivity index (χ1v) is 8.24. The summed E-state index contributed by atoms with van der Waals surface area (Å²) in [5.41, 5.74) is 3.76. The van der Waals surface area contributed by atoms with Crippen molar-refractivity contribution in [2.45, 2.75) is 6.54 Å². The van der Waals surface area contributed by atoms with E-state index in [2.05, 4.69) is 20.4 Å². The van der Waals surface area contributed by atoms with Crippen LogP contribution in [0.1, 0.15) is 5.56 Å². The Morgan fingerprint density at radius 3 is 2.92 bits per heavy atom. The summed E-state index contributed by atoms with van der Waals surface area (Å²) in [7, 11) is 0. The third kappa shape index (κ3) is 2.59. The maximum Gasteiger partial charge on any atom is 0.231 e. The number of imidazole rings is 1. The van der Waals surface area contributed by atoms with Gasteiger partial charge in [-0.15, -0.1) is 5.10 Å². The van der Waals surface area contributed by atoms with Gasteiger partial charge >= 0.3 is 0 Å². The summed E-state index contributed by atoms with van der Waals surface area (Å²) < 4.78 is 12.6. The predicted molar refractivity (Wildman–Crippen MR) is 96.1 cm³/mol. The van der Waals surface area contributed by atoms with Gasteiger partial charge in [-0.25, -0.2) is 9.50 Å². The van der Waals surface area contributed by atoms with Gasteiger partial charge in [0.25, 0.3) is 0 Å². The van der Waals surface area contributed by atoms with E-state index in [9.17, 15) is 0 Å². The third-order valence-electron chi connectivity index (χ3n) is 4.23. The van der Waals surface area contributed by atoms with E-state index in [0.29, 0.717) is 6.54 Å². The Labute approximate surface area is 149 Å². The highest BCUT2D eigenvalue weighted by atomic mass is 16.7. The van der Waals surface area contributed by atoms with E-state index in [-0.39, 0.29) is 6.79 Å². The zero-order valence-electron chi connectivity index (χ0n) is 13.8. The van der Waals surface area contributed by atoms with Crippen LogP contribution < -0.4 is 14.8 Å². The Morgan fingerprint density at radius 1 is 1.04 bits per heavy atom. The van der Waals surface area contributed by atoms with Gasteiger partial charge in [-0.2, -0.15) is 0 Å². The van der Waals surface area contributed by atoms with Gasteiger partial charge in [-0.05, 0) is 42.0 Å². The normalized spacial score (nSPS) is 12.5. The van der Waals surface area contributed by atoms with Crippen molar-refractivity contribution in [3.63, 3.8) is 0 Å². The van der Waals surface area contributed by atoms with Crippen molar-refractivity contribution in [2.75, 3.05) is 12.1 Å². The number of ether oxygens (including phenoxy) is 2. The van der Waals surface area contributed by atoms with Crippen molar-refractivity contribution < 1.29 is 9.47 Å². The average Bonchev–Trinajstić information content (AvgIpc) is 3.33. The largest absolute Gasteiger partial charge is 0.454 e. The van der Waals surface area contributed by atoms with Crippen molar-refractivity contribution in [3.8, 4) is 22.8 Å². The molecule has 0 fully saturated rings. The minimum absolute atomic E-state index is 0.280. The van der Waals surface area contributed by atoms with Crippen LogP contribution in [0.3, 0.4) is 0 Å². The fourth-order valence-electron chi connectivity index (χ4n) is 2.92. The third-order valence-corrected chi connectivity index (χ3v) is 4.23. The molecular formula is C19H15N5O2. The van der Waals surface area contributed by atoms with Crippen LogP contribution in [0.4, 0.5) is 5.82 Å². The molecule has 0 aliphatic carbocycles. The van der Waals surface area contributed by atoms with Gasteiger partial charge in [0.2, 0.25) is 6.79 Å². The first-order valence-electron chi connectivity index (χ1n) is 8.24. The topological polar surface area (TPSA) is 73.6 Å². The van der Waals surface area contributed by atoms with Crippen LogP contribution in [0, 0.1) is 0 Å². The number of fused-ring (bicyclic) bond motifs is 2. The molecule has 0 bridgehead atoms. The maximum atomic E-state index is 5.42. The van der Waals surface area contributed by atoms with E-state index in [1.165, 1.54) is 0 Å². The zero-order chi connectivity index (χ0) is 17.3. The van der Waals surface area contributed by atoms with Crippen molar-refractivity contribution in [3.05, 3.63) is 66.6 Å². The van der Waals surface area contributed by atoms with Crippen molar-refractivity contribution >= 4 is 11.5 Å². The molecule has 0 saturated heterocycles. The minimum atomic E-state index is 0.280. The first-order chi connectivity index (χ1) is 12.9. The van der Waals surface area contributed by atoms with E-state index >= 15 is 0 Å². The molecular weight excluding hydrogens is 330 g/mol. The minimum Gasteiger partial charge on any atom is -0.454 e. The molecule has 0 saturated carbocycles. The zero-order valence-corrected chi connectivity index (χ0v) is 13.8. The number of hydrogen-bond donors (Lipinski definition) is 1. The van der Waals surface area contributed by atoms with E-state index < -0.39 is 0 Å². The van der Waals surface area contributed by atoms with E-state index in [1.807, 2.05) is 47.0 Å². The summed E-state index contributed by atoms with van der Waals surface area (Å²) in [6.45, 7) is 0.911. The molecule has 26 heavy (non-hydrogen) atoms. The molecule has 1 aliphatic rings. The summed E-state index contributed by atoms with van der Waals surface area (Å²) >= 11 is 0. The lowest BCUT2D eigenvalue weighted by atomic mass is 10.2. The fourth-order valence-corrected chi connectivity index (χ4v) is 2.92. The number of nitrogens with zero attached hydrogens (tertiary/aromatic N) is 4. The molecule has 0 radical (unpaired) electrons. The van der Waals surface area contributed by atoms with Crippen molar-refractivity contribution in [2.24, 2.45) is 0 Å². The van der Waals surface area contributed by atoms with Crippen LogP contribution in [0.15, 0.2) is 61.1 Å². The number of hydrogen-bond acceptors (Lipinski definition) is 6. The van der Waals surface area contributed by atoms with E-state index in [4.69, 9.17) is 9.47 Å². The fraction of sp³-hybridized carbons (Fsp3) is 0.105. The molecule has 0 spiro atoms. The Bertz CT molecular complexity index is 1080. The quantitative estimate of drug-likeness (QED) is 0.613. The van der Waals surface area contributed by atoms with Crippen LogP contribution in [-0.2, 0) is 6.54 Å². The molecule has 128 valence electrons. The second-order valence-electron chi connectivity index (χ2n) is 5.91. The van der Waals surface area contributed by atoms with Gasteiger partial charge in [-0.1, -0.05) is 6.07 Å². The van der Waals surface area contributed by atoms with Gasteiger partial charge in [0.15, 0.2) is 17.1 Å². The molecule has 0 unspecified atom stereocenters. The number of nitrogens with one attached hydrogen (secondary N) is 1. The Morgan fingerprint density at radius 2 is 2.00 bits per heavy atom. The second kappa shape index (κ2) is 6.03. The van der Waals surface area contributed by atoms with Gasteiger partial charge in [0.1, 0.15) is 5.82 Å². The molecule has 1 aliphatic heterocycles. The van der Waals surface area contributed by atoms with Crippen molar-refractivity contribution in [1.29, 1.82) is 0 Å². The second-order valence-corrected chi connectivity index (χ2v) is 5.91. The highest BCUT2D eigenvalue weighted by Crippen LogP contribution is 2.32. The lowest BCUT2D eigenvalue weighted by Crippen LogP contribution is -2.04. The Balaban J connectivity index is 1.41. The Kier molecular flexibility index (Phi) is 3.41. The molecule has 0 amide bonds. The summed E-state index contributed by atoms with van der Waals surface area (Å²) in [6, 6.07) is 13.7. The van der Waals surface area contributed by atoms with E-state index in [0.717, 1.165) is 39.8 Å². The predicted octanol–water partition coefficient (Wildman–Crippen LogP) is 3.13. The lowest BCUT2D eigenvalue weighted by molar-refractivity contribution is 0.174. The SMILES string of the molecule is c1cncc(-c2cnc3ccc(NCc4ccc5c(c4)OCO5)nn23)c1. The van der Waals surface area contributed by atoms with Crippen LogP contribution in [0.2, 0.25) is 0 Å². The molecule has 0 atom stereocenters. The van der Waals surface area contributed by atoms with E-state index in [1.54, 1.807) is 18.6 Å². The standard InChI is InChI=1S/C19H15N5O2/c1-2-14(10-20-7-1)15-11-22-19-6-5-18(23-24(15)19)21-9-13-3-4-16-17(8-13)26-12-25-16/h1-8,10-11H,9,12H2,(H,21,23). The smallest absolute Gasteiger partial charge is 0.231 e. The number of rotatable bonds is 4. The lowest BCUT2D eigenvalue weighted by Gasteiger charge is -2.08. The van der Waals surface area contributed by atoms with Gasteiger partial charge in [0, 0.05) is 24.5 Å². The number of aromatic nitrogens is 4. The molecule has 4 heterocycles. The van der Waals surface area contributed by atoms with Gasteiger partial charge < -0.3 is 14.8 Å². The van der Waals surface area contributed by atoms with Crippen LogP contribution >= 0.6 is 0 Å². The summed E-state index contributed by atoms with van der Waals surface area (Å²) in [6.07, 6.45) is 5.36. The molecule has 4 aromatic rings. The maximum absolute atomic E-state index is 5.42. The van der Waals surface area contributed by atoms with Gasteiger partial charge in [0.05, 0.1) is 11.9 Å². The van der Waals surface area contributed by atoms with Gasteiger partial charge in [-0.3, -0.25) is 4.98 Å². The van der Waals surface area contributed by atoms with Crippen LogP contribution in [0.25, 0.3) is 16.9 Å². The molecule has 3 aromatic heterocycles. The molecule has 5 rings (SSSR count). The monoisotopic (exact) mass is 345 g/mol. The molecule has 7 nitrogen and oxygen atoms in total. The first kappa shape index (κ1) is 14.7. The van der Waals surface area contributed by atoms with Crippen LogP contribution in [0.5, 0.6) is 11.5 Å². The molecule has 1 aromatic carbocycles. The number of pyridine rings is 1.